The number of urea groups is 1. The van der Waals surface area contributed by atoms with Gasteiger partial charge in [0, 0.05) is 35.1 Å². The Morgan fingerprint density at radius 2 is 1.86 bits per heavy atom. The lowest BCUT2D eigenvalue weighted by Gasteiger charge is -2.37. The summed E-state index contributed by atoms with van der Waals surface area (Å²) in [5.74, 6) is 0.795. The smallest absolute Gasteiger partial charge is 0.322 e. The van der Waals surface area contributed by atoms with Crippen LogP contribution in [0.15, 0.2) is 71.3 Å². The number of amides is 2. The Morgan fingerprint density at radius 1 is 1.11 bits per heavy atom. The molecule has 6 heteroatoms. The van der Waals surface area contributed by atoms with E-state index in [1.165, 1.54) is 0 Å². The molecule has 1 atom stereocenters. The van der Waals surface area contributed by atoms with Crippen LogP contribution >= 0.6 is 15.9 Å². The quantitative estimate of drug-likeness (QED) is 0.600. The highest BCUT2D eigenvalue weighted by Gasteiger charge is 2.32. The summed E-state index contributed by atoms with van der Waals surface area (Å²) in [5, 5.41) is 3.03. The first kappa shape index (κ1) is 18.6. The zero-order valence-electron chi connectivity index (χ0n) is 15.6. The minimum absolute atomic E-state index is 0.107. The number of carbonyl (C=O) groups is 1. The van der Waals surface area contributed by atoms with Gasteiger partial charge in [-0.2, -0.15) is 0 Å². The lowest BCUT2D eigenvalue weighted by molar-refractivity contribution is 0.182. The third-order valence-corrected chi connectivity index (χ3v) is 5.43. The Morgan fingerprint density at radius 3 is 2.57 bits per heavy atom. The van der Waals surface area contributed by atoms with Gasteiger partial charge in [0.25, 0.3) is 0 Å². The summed E-state index contributed by atoms with van der Waals surface area (Å²) in [6.07, 6.45) is 2.07. The van der Waals surface area contributed by atoms with Crippen molar-refractivity contribution in [3.05, 3.63) is 82.6 Å². The topological polar surface area (TPSA) is 46.5 Å². The van der Waals surface area contributed by atoms with Crippen molar-refractivity contribution >= 4 is 27.6 Å². The second-order valence-electron chi connectivity index (χ2n) is 6.66. The molecule has 4 rings (SSSR count). The number of nitrogens with one attached hydrogen (secondary N) is 1. The van der Waals surface area contributed by atoms with Gasteiger partial charge in [0.1, 0.15) is 5.75 Å². The number of halogens is 1. The molecule has 0 aliphatic carbocycles. The molecule has 0 fully saturated rings. The van der Waals surface area contributed by atoms with Gasteiger partial charge in [-0.05, 0) is 61.0 Å². The van der Waals surface area contributed by atoms with Crippen molar-refractivity contribution in [3.63, 3.8) is 0 Å². The van der Waals surface area contributed by atoms with Crippen LogP contribution in [0.5, 0.6) is 5.75 Å². The number of nitrogens with zero attached hydrogens (tertiary/aromatic N) is 2. The van der Waals surface area contributed by atoms with Gasteiger partial charge in [-0.1, -0.05) is 28.1 Å². The van der Waals surface area contributed by atoms with E-state index < -0.39 is 0 Å². The first-order valence-corrected chi connectivity index (χ1v) is 10.2. The third kappa shape index (κ3) is 3.78. The Balaban J connectivity index is 1.59. The highest BCUT2D eigenvalue weighted by Crippen LogP contribution is 2.33. The Hall–Kier alpha value is -2.73. The van der Waals surface area contributed by atoms with Crippen LogP contribution in [0.1, 0.15) is 24.2 Å². The van der Waals surface area contributed by atoms with Gasteiger partial charge in [-0.25, -0.2) is 4.79 Å². The molecular formula is C22H22BrN3O2. The predicted octanol–water partition coefficient (Wildman–Crippen LogP) is 5.29. The van der Waals surface area contributed by atoms with E-state index in [0.717, 1.165) is 33.7 Å². The SMILES string of the molecule is CCOc1ccc(NC(=O)N2CCn3cccc3[C@H]2c2ccc(Br)cc2)cc1. The summed E-state index contributed by atoms with van der Waals surface area (Å²) >= 11 is 3.49. The average Bonchev–Trinajstić information content (AvgIpc) is 3.18. The molecule has 1 aromatic heterocycles. The van der Waals surface area contributed by atoms with Crippen molar-refractivity contribution in [2.75, 3.05) is 18.5 Å². The molecule has 2 heterocycles. The largest absolute Gasteiger partial charge is 0.494 e. The van der Waals surface area contributed by atoms with Crippen LogP contribution in [0.2, 0.25) is 0 Å². The molecule has 0 saturated carbocycles. The molecule has 1 N–H and O–H groups in total. The van der Waals surface area contributed by atoms with E-state index in [1.54, 1.807) is 0 Å². The highest BCUT2D eigenvalue weighted by atomic mass is 79.9. The maximum absolute atomic E-state index is 13.1. The summed E-state index contributed by atoms with van der Waals surface area (Å²) in [6.45, 7) is 4.00. The van der Waals surface area contributed by atoms with Crippen molar-refractivity contribution in [3.8, 4) is 5.75 Å². The lowest BCUT2D eigenvalue weighted by atomic mass is 10.0. The lowest BCUT2D eigenvalue weighted by Crippen LogP contribution is -2.44. The Kier molecular flexibility index (Phi) is 5.39. The van der Waals surface area contributed by atoms with Gasteiger partial charge >= 0.3 is 6.03 Å². The molecule has 144 valence electrons. The summed E-state index contributed by atoms with van der Waals surface area (Å²) in [5.41, 5.74) is 2.96. The molecule has 2 aromatic carbocycles. The Bertz CT molecular complexity index is 951. The Labute approximate surface area is 173 Å². The van der Waals surface area contributed by atoms with E-state index in [1.807, 2.05) is 54.3 Å². The number of hydrogen-bond donors (Lipinski definition) is 1. The first-order valence-electron chi connectivity index (χ1n) is 9.36. The van der Waals surface area contributed by atoms with Gasteiger partial charge in [0.15, 0.2) is 0 Å². The van der Waals surface area contributed by atoms with Crippen LogP contribution in [-0.2, 0) is 6.54 Å². The monoisotopic (exact) mass is 439 g/mol. The summed E-state index contributed by atoms with van der Waals surface area (Å²) in [4.78, 5) is 15.0. The number of fused-ring (bicyclic) bond motifs is 1. The first-order chi connectivity index (χ1) is 13.7. The second-order valence-corrected chi connectivity index (χ2v) is 7.58. The molecule has 0 radical (unpaired) electrons. The number of carbonyl (C=O) groups excluding carboxylic acids is 1. The predicted molar refractivity (Wildman–Crippen MR) is 114 cm³/mol. The van der Waals surface area contributed by atoms with Crippen LogP contribution in [0.25, 0.3) is 0 Å². The molecule has 28 heavy (non-hydrogen) atoms. The molecule has 3 aromatic rings. The molecule has 0 bridgehead atoms. The van der Waals surface area contributed by atoms with Crippen molar-refractivity contribution in [2.24, 2.45) is 0 Å². The fraction of sp³-hybridized carbons (Fsp3) is 0.227. The van der Waals surface area contributed by atoms with E-state index >= 15 is 0 Å². The van der Waals surface area contributed by atoms with Crippen molar-refractivity contribution in [1.82, 2.24) is 9.47 Å². The molecular weight excluding hydrogens is 418 g/mol. The molecule has 0 unspecified atom stereocenters. The van der Waals surface area contributed by atoms with Crippen LogP contribution in [0, 0.1) is 0 Å². The fourth-order valence-corrected chi connectivity index (χ4v) is 3.86. The van der Waals surface area contributed by atoms with Crippen LogP contribution in [0.3, 0.4) is 0 Å². The summed E-state index contributed by atoms with van der Waals surface area (Å²) in [6, 6.07) is 19.5. The normalized spacial score (nSPS) is 15.8. The van der Waals surface area contributed by atoms with Gasteiger partial charge < -0.3 is 19.5 Å². The van der Waals surface area contributed by atoms with Gasteiger partial charge in [0.2, 0.25) is 0 Å². The van der Waals surface area contributed by atoms with Gasteiger partial charge in [0.05, 0.1) is 12.6 Å². The van der Waals surface area contributed by atoms with Crippen LogP contribution in [0.4, 0.5) is 10.5 Å². The third-order valence-electron chi connectivity index (χ3n) is 4.90. The number of rotatable bonds is 4. The number of aromatic nitrogens is 1. The van der Waals surface area contributed by atoms with Crippen molar-refractivity contribution in [1.29, 1.82) is 0 Å². The minimum atomic E-state index is -0.125. The maximum atomic E-state index is 13.1. The molecule has 1 aliphatic heterocycles. The number of hydrogen-bond acceptors (Lipinski definition) is 2. The van der Waals surface area contributed by atoms with E-state index in [9.17, 15) is 4.79 Å². The zero-order valence-corrected chi connectivity index (χ0v) is 17.2. The average molecular weight is 440 g/mol. The van der Waals surface area contributed by atoms with E-state index in [2.05, 4.69) is 50.2 Å². The number of anilines is 1. The zero-order chi connectivity index (χ0) is 19.5. The van der Waals surface area contributed by atoms with Crippen LogP contribution < -0.4 is 10.1 Å². The second kappa shape index (κ2) is 8.10. The van der Waals surface area contributed by atoms with Crippen molar-refractivity contribution in [2.45, 2.75) is 19.5 Å². The van der Waals surface area contributed by atoms with Crippen molar-refractivity contribution < 1.29 is 9.53 Å². The van der Waals surface area contributed by atoms with Gasteiger partial charge in [-0.3, -0.25) is 0 Å². The number of benzene rings is 2. The van der Waals surface area contributed by atoms with Gasteiger partial charge in [-0.15, -0.1) is 0 Å². The summed E-state index contributed by atoms with van der Waals surface area (Å²) in [7, 11) is 0. The molecule has 0 saturated heterocycles. The summed E-state index contributed by atoms with van der Waals surface area (Å²) < 4.78 is 8.70. The minimum Gasteiger partial charge on any atom is -0.494 e. The standard InChI is InChI=1S/C22H22BrN3O2/c1-2-28-19-11-9-18(10-12-19)24-22(27)26-15-14-25-13-3-4-20(25)21(26)16-5-7-17(23)8-6-16/h3-13,21H,2,14-15H2,1H3,(H,24,27)/t21-/m1/s1. The van der Waals surface area contributed by atoms with E-state index in [-0.39, 0.29) is 12.1 Å². The van der Waals surface area contributed by atoms with Crippen LogP contribution in [-0.4, -0.2) is 28.6 Å². The molecule has 1 aliphatic rings. The highest BCUT2D eigenvalue weighted by molar-refractivity contribution is 9.10. The fourth-order valence-electron chi connectivity index (χ4n) is 3.59. The molecule has 0 spiro atoms. The molecule has 2 amide bonds. The van der Waals surface area contributed by atoms with E-state index in [4.69, 9.17) is 4.74 Å². The van der Waals surface area contributed by atoms with E-state index in [0.29, 0.717) is 13.2 Å². The number of ether oxygens (including phenoxy) is 1. The maximum Gasteiger partial charge on any atom is 0.322 e. The molecule has 5 nitrogen and oxygen atoms in total.